The number of hydrogen-bond acceptors (Lipinski definition) is 4. The molecule has 0 atom stereocenters. The van der Waals surface area contributed by atoms with Crippen LogP contribution in [0.25, 0.3) is 0 Å². The van der Waals surface area contributed by atoms with Gasteiger partial charge in [-0.3, -0.25) is 0 Å². The number of hydrogen-bond donors (Lipinski definition) is 4. The van der Waals surface area contributed by atoms with E-state index in [0.29, 0.717) is 13.1 Å². The second-order valence-electron chi connectivity index (χ2n) is 5.65. The first-order chi connectivity index (χ1) is 11.7. The monoisotopic (exact) mass is 318 g/mol. The molecular formula is C20H22N4. The Hall–Kier alpha value is -3.14. The first kappa shape index (κ1) is 15.7. The first-order valence-electron chi connectivity index (χ1n) is 7.97. The maximum atomic E-state index is 6.00. The first-order valence-corrected chi connectivity index (χ1v) is 7.97. The maximum Gasteiger partial charge on any atom is 0.0578 e. The van der Waals surface area contributed by atoms with Gasteiger partial charge in [-0.25, -0.2) is 0 Å². The Kier molecular flexibility index (Phi) is 4.87. The van der Waals surface area contributed by atoms with Crippen molar-refractivity contribution in [3.63, 3.8) is 0 Å². The van der Waals surface area contributed by atoms with Crippen LogP contribution in [0.2, 0.25) is 0 Å². The normalized spacial score (nSPS) is 10.3. The van der Waals surface area contributed by atoms with E-state index in [1.165, 1.54) is 0 Å². The van der Waals surface area contributed by atoms with Crippen LogP contribution >= 0.6 is 0 Å². The van der Waals surface area contributed by atoms with Crippen LogP contribution in [0.5, 0.6) is 0 Å². The second kappa shape index (κ2) is 7.42. The lowest BCUT2D eigenvalue weighted by Crippen LogP contribution is -2.07. The molecule has 0 saturated carbocycles. The Labute approximate surface area is 142 Å². The average Bonchev–Trinajstić information content (AvgIpc) is 2.61. The smallest absolute Gasteiger partial charge is 0.0578 e. The van der Waals surface area contributed by atoms with Crippen molar-refractivity contribution in [1.82, 2.24) is 0 Å². The predicted molar refractivity (Wildman–Crippen MR) is 103 cm³/mol. The summed E-state index contributed by atoms with van der Waals surface area (Å²) in [4.78, 5) is 0. The zero-order chi connectivity index (χ0) is 16.8. The van der Waals surface area contributed by atoms with Gasteiger partial charge in [0.05, 0.1) is 11.4 Å². The summed E-state index contributed by atoms with van der Waals surface area (Å²) in [6, 6.07) is 23.9. The number of benzene rings is 3. The van der Waals surface area contributed by atoms with Crippen LogP contribution in [-0.2, 0) is 13.1 Å². The van der Waals surface area contributed by atoms with E-state index in [1.54, 1.807) is 0 Å². The molecule has 4 heteroatoms. The Morgan fingerprint density at radius 1 is 0.542 bits per heavy atom. The summed E-state index contributed by atoms with van der Waals surface area (Å²) in [5.41, 5.74) is 17.8. The van der Waals surface area contributed by atoms with Crippen LogP contribution in [-0.4, -0.2) is 0 Å². The van der Waals surface area contributed by atoms with Gasteiger partial charge in [0.25, 0.3) is 0 Å². The quantitative estimate of drug-likeness (QED) is 0.517. The van der Waals surface area contributed by atoms with Crippen LogP contribution in [0.4, 0.5) is 22.7 Å². The number of rotatable bonds is 6. The lowest BCUT2D eigenvalue weighted by Gasteiger charge is -2.15. The molecule has 3 aromatic carbocycles. The highest BCUT2D eigenvalue weighted by Crippen LogP contribution is 2.24. The third-order valence-electron chi connectivity index (χ3n) is 3.98. The van der Waals surface area contributed by atoms with E-state index in [0.717, 1.165) is 33.9 Å². The highest BCUT2D eigenvalue weighted by Gasteiger charge is 2.04. The SMILES string of the molecule is Nc1ccccc1CNc1ccccc1NCc1ccccc1N. The predicted octanol–water partition coefficient (Wildman–Crippen LogP) is 4.08. The molecule has 3 rings (SSSR count). The summed E-state index contributed by atoms with van der Waals surface area (Å²) in [5.74, 6) is 0. The van der Waals surface area contributed by atoms with Gasteiger partial charge in [0.2, 0.25) is 0 Å². The van der Waals surface area contributed by atoms with Gasteiger partial charge in [0.1, 0.15) is 0 Å². The zero-order valence-corrected chi connectivity index (χ0v) is 13.5. The van der Waals surface area contributed by atoms with Crippen LogP contribution in [0.1, 0.15) is 11.1 Å². The van der Waals surface area contributed by atoms with Gasteiger partial charge in [-0.2, -0.15) is 0 Å². The van der Waals surface area contributed by atoms with Crippen molar-refractivity contribution in [3.05, 3.63) is 83.9 Å². The standard InChI is InChI=1S/C20H22N4/c21-17-9-3-1-7-15(17)13-23-19-11-5-6-12-20(19)24-14-16-8-2-4-10-18(16)22/h1-12,23-24H,13-14,21-22H2. The fourth-order valence-corrected chi connectivity index (χ4v) is 2.56. The third kappa shape index (κ3) is 3.79. The van der Waals surface area contributed by atoms with Gasteiger partial charge in [0, 0.05) is 24.5 Å². The van der Waals surface area contributed by atoms with Gasteiger partial charge in [-0.15, -0.1) is 0 Å². The molecule has 3 aromatic rings. The van der Waals surface area contributed by atoms with Gasteiger partial charge >= 0.3 is 0 Å². The molecule has 4 nitrogen and oxygen atoms in total. The fourth-order valence-electron chi connectivity index (χ4n) is 2.56. The van der Waals surface area contributed by atoms with E-state index in [9.17, 15) is 0 Å². The summed E-state index contributed by atoms with van der Waals surface area (Å²) in [5, 5.41) is 6.90. The summed E-state index contributed by atoms with van der Waals surface area (Å²) in [6.07, 6.45) is 0. The van der Waals surface area contributed by atoms with Crippen molar-refractivity contribution >= 4 is 22.7 Å². The molecule has 0 saturated heterocycles. The van der Waals surface area contributed by atoms with Crippen molar-refractivity contribution in [1.29, 1.82) is 0 Å². The lowest BCUT2D eigenvalue weighted by atomic mass is 10.1. The molecule has 0 fully saturated rings. The third-order valence-corrected chi connectivity index (χ3v) is 3.98. The molecule has 6 N–H and O–H groups in total. The lowest BCUT2D eigenvalue weighted by molar-refractivity contribution is 1.12. The highest BCUT2D eigenvalue weighted by atomic mass is 15.0. The summed E-state index contributed by atoms with van der Waals surface area (Å²) in [6.45, 7) is 1.36. The van der Waals surface area contributed by atoms with Crippen LogP contribution in [0.15, 0.2) is 72.8 Å². The summed E-state index contributed by atoms with van der Waals surface area (Å²) in [7, 11) is 0. The molecule has 0 aliphatic heterocycles. The molecule has 0 aromatic heterocycles. The summed E-state index contributed by atoms with van der Waals surface area (Å²) >= 11 is 0. The molecule has 0 amide bonds. The average molecular weight is 318 g/mol. The number of nitrogens with one attached hydrogen (secondary N) is 2. The number of nitrogen functional groups attached to an aromatic ring is 2. The molecule has 0 spiro atoms. The van der Waals surface area contributed by atoms with E-state index >= 15 is 0 Å². The van der Waals surface area contributed by atoms with Crippen LogP contribution < -0.4 is 22.1 Å². The van der Waals surface area contributed by atoms with E-state index in [4.69, 9.17) is 11.5 Å². The van der Waals surface area contributed by atoms with Crippen molar-refractivity contribution in [3.8, 4) is 0 Å². The number of para-hydroxylation sites is 4. The van der Waals surface area contributed by atoms with Gasteiger partial charge in [-0.05, 0) is 35.4 Å². The molecule has 0 bridgehead atoms. The molecule has 0 heterocycles. The van der Waals surface area contributed by atoms with Gasteiger partial charge in [-0.1, -0.05) is 48.5 Å². The van der Waals surface area contributed by atoms with Gasteiger partial charge in [0.15, 0.2) is 0 Å². The molecule has 0 radical (unpaired) electrons. The molecular weight excluding hydrogens is 296 g/mol. The highest BCUT2D eigenvalue weighted by molar-refractivity contribution is 5.69. The molecule has 0 unspecified atom stereocenters. The van der Waals surface area contributed by atoms with Gasteiger partial charge < -0.3 is 22.1 Å². The number of anilines is 4. The zero-order valence-electron chi connectivity index (χ0n) is 13.5. The Morgan fingerprint density at radius 3 is 1.33 bits per heavy atom. The Balaban J connectivity index is 1.69. The second-order valence-corrected chi connectivity index (χ2v) is 5.65. The van der Waals surface area contributed by atoms with E-state index in [-0.39, 0.29) is 0 Å². The minimum atomic E-state index is 0.679. The van der Waals surface area contributed by atoms with E-state index in [1.807, 2.05) is 60.7 Å². The Bertz CT molecular complexity index is 745. The maximum absolute atomic E-state index is 6.00. The minimum Gasteiger partial charge on any atom is -0.398 e. The Morgan fingerprint density at radius 2 is 0.917 bits per heavy atom. The minimum absolute atomic E-state index is 0.679. The van der Waals surface area contributed by atoms with Crippen LogP contribution in [0.3, 0.4) is 0 Å². The summed E-state index contributed by atoms with van der Waals surface area (Å²) < 4.78 is 0. The molecule has 0 aliphatic carbocycles. The molecule has 0 aliphatic rings. The van der Waals surface area contributed by atoms with E-state index in [2.05, 4.69) is 22.8 Å². The molecule has 24 heavy (non-hydrogen) atoms. The van der Waals surface area contributed by atoms with Crippen molar-refractivity contribution in [2.45, 2.75) is 13.1 Å². The molecule has 122 valence electrons. The van der Waals surface area contributed by atoms with E-state index < -0.39 is 0 Å². The topological polar surface area (TPSA) is 76.1 Å². The largest absolute Gasteiger partial charge is 0.398 e. The van der Waals surface area contributed by atoms with Crippen molar-refractivity contribution in [2.75, 3.05) is 22.1 Å². The number of nitrogens with two attached hydrogens (primary N) is 2. The van der Waals surface area contributed by atoms with Crippen LogP contribution in [0, 0.1) is 0 Å². The fraction of sp³-hybridized carbons (Fsp3) is 0.100. The van der Waals surface area contributed by atoms with Crippen molar-refractivity contribution in [2.24, 2.45) is 0 Å². The van der Waals surface area contributed by atoms with Crippen molar-refractivity contribution < 1.29 is 0 Å².